The van der Waals surface area contributed by atoms with E-state index in [1.807, 2.05) is 0 Å². The Morgan fingerprint density at radius 1 is 0.318 bits per heavy atom. The van der Waals surface area contributed by atoms with Crippen LogP contribution in [0.25, 0.3) is 21.9 Å². The van der Waals surface area contributed by atoms with Gasteiger partial charge >= 0.3 is 0 Å². The highest BCUT2D eigenvalue weighted by Gasteiger charge is 2.21. The van der Waals surface area contributed by atoms with Crippen molar-refractivity contribution in [2.24, 2.45) is 0 Å². The molecule has 0 saturated heterocycles. The van der Waals surface area contributed by atoms with E-state index >= 15 is 0 Å². The molecule has 0 aliphatic rings. The summed E-state index contributed by atoms with van der Waals surface area (Å²) in [6.07, 6.45) is 0. The maximum atomic E-state index is 4.06. The van der Waals surface area contributed by atoms with Crippen molar-refractivity contribution in [1.29, 1.82) is 0 Å². The highest BCUT2D eigenvalue weighted by molar-refractivity contribution is 7.74. The monoisotopic (exact) mass is 602 g/mol. The van der Waals surface area contributed by atoms with Gasteiger partial charge in [-0.1, -0.05) is 170 Å². The molecule has 2 nitrogen and oxygen atoms in total. The molecular formula is C40H32N2P2. The van der Waals surface area contributed by atoms with E-state index in [9.17, 15) is 0 Å². The first-order valence-electron chi connectivity index (χ1n) is 14.8. The number of hydrogen-bond acceptors (Lipinski definition) is 2. The van der Waals surface area contributed by atoms with Crippen LogP contribution in [-0.4, -0.2) is 0 Å². The van der Waals surface area contributed by atoms with Gasteiger partial charge in [-0.3, -0.25) is 0 Å². The molecule has 0 bridgehead atoms. The number of para-hydroxylation sites is 1. The van der Waals surface area contributed by atoms with Crippen LogP contribution in [-0.2, 0) is 0 Å². The smallest absolute Gasteiger partial charge is 0.0522 e. The molecule has 2 N–H and O–H groups in total. The zero-order chi connectivity index (χ0) is 29.6. The molecule has 44 heavy (non-hydrogen) atoms. The largest absolute Gasteiger partial charge is 0.356 e. The Morgan fingerprint density at radius 3 is 1.25 bits per heavy atom. The number of nitrogens with one attached hydrogen (secondary N) is 2. The number of hydrogen-bond donors (Lipinski definition) is 2. The molecule has 7 rings (SSSR count). The molecular weight excluding hydrogens is 570 g/mol. The molecule has 0 spiro atoms. The maximum absolute atomic E-state index is 4.06. The topological polar surface area (TPSA) is 24.1 Å². The van der Waals surface area contributed by atoms with Crippen LogP contribution in [0.1, 0.15) is 0 Å². The molecule has 0 aromatic heterocycles. The van der Waals surface area contributed by atoms with Crippen molar-refractivity contribution < 1.29 is 0 Å². The number of fused-ring (bicyclic) bond motifs is 1. The molecule has 0 radical (unpaired) electrons. The zero-order valence-corrected chi connectivity index (χ0v) is 26.0. The van der Waals surface area contributed by atoms with Crippen molar-refractivity contribution in [2.75, 3.05) is 10.2 Å². The van der Waals surface area contributed by atoms with Gasteiger partial charge in [0.1, 0.15) is 0 Å². The summed E-state index contributed by atoms with van der Waals surface area (Å²) in [6, 6.07) is 65.2. The van der Waals surface area contributed by atoms with Crippen molar-refractivity contribution in [1.82, 2.24) is 0 Å². The van der Waals surface area contributed by atoms with Crippen molar-refractivity contribution in [2.45, 2.75) is 0 Å². The summed E-state index contributed by atoms with van der Waals surface area (Å²) in [5, 5.41) is 15.7. The fraction of sp³-hybridized carbons (Fsp3) is 0. The van der Waals surface area contributed by atoms with E-state index < -0.39 is 16.1 Å². The quantitative estimate of drug-likeness (QED) is 0.161. The minimum atomic E-state index is -0.854. The van der Waals surface area contributed by atoms with Crippen LogP contribution in [0.15, 0.2) is 182 Å². The lowest BCUT2D eigenvalue weighted by atomic mass is 9.95. The van der Waals surface area contributed by atoms with Crippen LogP contribution in [0.2, 0.25) is 0 Å². The fourth-order valence-electron chi connectivity index (χ4n) is 5.56. The molecule has 4 heteroatoms. The van der Waals surface area contributed by atoms with Gasteiger partial charge in [-0.25, -0.2) is 0 Å². The van der Waals surface area contributed by atoms with Gasteiger partial charge in [0.05, 0.1) is 16.1 Å². The molecule has 0 unspecified atom stereocenters. The second kappa shape index (κ2) is 13.3. The molecule has 0 aliphatic heterocycles. The normalized spacial score (nSPS) is 11.1. The fourth-order valence-corrected chi connectivity index (χ4v) is 9.42. The molecule has 7 aromatic rings. The second-order valence-corrected chi connectivity index (χ2v) is 14.3. The first-order valence-corrected chi connectivity index (χ1v) is 17.5. The minimum absolute atomic E-state index is 0.842. The summed E-state index contributed by atoms with van der Waals surface area (Å²) in [4.78, 5) is 0. The molecule has 0 atom stereocenters. The van der Waals surface area contributed by atoms with E-state index in [4.69, 9.17) is 0 Å². The Kier molecular flexibility index (Phi) is 8.46. The Balaban J connectivity index is 1.38. The van der Waals surface area contributed by atoms with Crippen molar-refractivity contribution >= 4 is 59.5 Å². The van der Waals surface area contributed by atoms with E-state index in [1.165, 1.54) is 43.1 Å². The van der Waals surface area contributed by atoms with Gasteiger partial charge in [-0.05, 0) is 22.9 Å². The van der Waals surface area contributed by atoms with Crippen LogP contribution < -0.4 is 31.4 Å². The van der Waals surface area contributed by atoms with Gasteiger partial charge in [-0.2, -0.15) is 0 Å². The Bertz CT molecular complexity index is 1890. The number of rotatable bonds is 9. The van der Waals surface area contributed by atoms with E-state index in [2.05, 4.69) is 192 Å². The Hall–Kier alpha value is -4.74. The van der Waals surface area contributed by atoms with Gasteiger partial charge < -0.3 is 10.2 Å². The standard InChI is InChI=1S/C40H32N2P2/c1-5-18-32(19-6-1)43(33-20-7-2-8-21-33)41-38-28-16-15-27-37(38)40-36-26-14-13-17-31(36)29-30-39(40)42-44(34-22-9-3-10-23-34)35-24-11-4-12-25-35/h1-30,41-42H. The third-order valence-electron chi connectivity index (χ3n) is 7.65. The van der Waals surface area contributed by atoms with Gasteiger partial charge in [-0.15, -0.1) is 0 Å². The molecule has 0 fully saturated rings. The van der Waals surface area contributed by atoms with E-state index in [-0.39, 0.29) is 0 Å². The zero-order valence-electron chi connectivity index (χ0n) is 24.2. The van der Waals surface area contributed by atoms with E-state index in [0.29, 0.717) is 0 Å². The highest BCUT2D eigenvalue weighted by atomic mass is 31.1. The molecule has 0 saturated carbocycles. The summed E-state index contributed by atoms with van der Waals surface area (Å²) in [5.41, 5.74) is 4.64. The molecule has 0 amide bonds. The average molecular weight is 603 g/mol. The van der Waals surface area contributed by atoms with Crippen LogP contribution in [0.3, 0.4) is 0 Å². The molecule has 212 valence electrons. The number of anilines is 2. The summed E-state index contributed by atoms with van der Waals surface area (Å²) in [5.74, 6) is 0. The summed E-state index contributed by atoms with van der Waals surface area (Å²) < 4.78 is 0. The maximum Gasteiger partial charge on any atom is 0.0522 e. The third-order valence-corrected chi connectivity index (χ3v) is 11.8. The Morgan fingerprint density at radius 2 is 0.727 bits per heavy atom. The lowest BCUT2D eigenvalue weighted by molar-refractivity contribution is 1.62. The van der Waals surface area contributed by atoms with Gasteiger partial charge in [0.2, 0.25) is 0 Å². The highest BCUT2D eigenvalue weighted by Crippen LogP contribution is 2.46. The summed E-state index contributed by atoms with van der Waals surface area (Å²) >= 11 is 0. The number of benzene rings is 7. The van der Waals surface area contributed by atoms with Gasteiger partial charge in [0.25, 0.3) is 0 Å². The van der Waals surface area contributed by atoms with Crippen LogP contribution >= 0.6 is 16.1 Å². The SMILES string of the molecule is c1ccc(P(Nc2ccccc2-c2c(NP(c3ccccc3)c3ccccc3)ccc3ccccc23)c2ccccc2)cc1. The second-order valence-electron chi connectivity index (χ2n) is 10.5. The van der Waals surface area contributed by atoms with Crippen molar-refractivity contribution in [3.05, 3.63) is 182 Å². The first-order chi connectivity index (χ1) is 21.8. The van der Waals surface area contributed by atoms with Crippen molar-refractivity contribution in [3.63, 3.8) is 0 Å². The minimum Gasteiger partial charge on any atom is -0.356 e. The summed E-state index contributed by atoms with van der Waals surface area (Å²) in [6.45, 7) is 0. The Labute approximate surface area is 262 Å². The molecule has 7 aromatic carbocycles. The molecule has 0 aliphatic carbocycles. The predicted molar refractivity (Wildman–Crippen MR) is 195 cm³/mol. The lowest BCUT2D eigenvalue weighted by Gasteiger charge is -2.26. The predicted octanol–water partition coefficient (Wildman–Crippen LogP) is 9.43. The average Bonchev–Trinajstić information content (AvgIpc) is 3.11. The first kappa shape index (κ1) is 28.1. The van der Waals surface area contributed by atoms with Crippen LogP contribution in [0, 0.1) is 0 Å². The van der Waals surface area contributed by atoms with Gasteiger partial charge in [0, 0.05) is 43.7 Å². The van der Waals surface area contributed by atoms with Crippen LogP contribution in [0.5, 0.6) is 0 Å². The third kappa shape index (κ3) is 6.01. The van der Waals surface area contributed by atoms with Gasteiger partial charge in [0.15, 0.2) is 0 Å². The van der Waals surface area contributed by atoms with Crippen LogP contribution in [0.4, 0.5) is 11.4 Å². The van der Waals surface area contributed by atoms with Crippen molar-refractivity contribution in [3.8, 4) is 11.1 Å². The summed E-state index contributed by atoms with van der Waals surface area (Å²) in [7, 11) is -1.70. The van der Waals surface area contributed by atoms with E-state index in [1.54, 1.807) is 0 Å². The molecule has 0 heterocycles. The van der Waals surface area contributed by atoms with E-state index in [0.717, 1.165) is 11.4 Å². The lowest BCUT2D eigenvalue weighted by Crippen LogP contribution is -2.18.